The Morgan fingerprint density at radius 1 is 1.50 bits per heavy atom. The van der Waals surface area contributed by atoms with Crippen LogP contribution in [0.1, 0.15) is 12.5 Å². The van der Waals surface area contributed by atoms with Crippen molar-refractivity contribution < 1.29 is 14.6 Å². The van der Waals surface area contributed by atoms with Crippen molar-refractivity contribution in [3.63, 3.8) is 0 Å². The molecule has 1 aromatic rings. The summed E-state index contributed by atoms with van der Waals surface area (Å²) >= 11 is 0. The van der Waals surface area contributed by atoms with E-state index in [1.165, 1.54) is 0 Å². The van der Waals surface area contributed by atoms with Crippen LogP contribution in [0.3, 0.4) is 0 Å². The Hall–Kier alpha value is -1.75. The summed E-state index contributed by atoms with van der Waals surface area (Å²) in [6.07, 6.45) is 0.681. The number of hydrogen-bond donors (Lipinski definition) is 3. The monoisotopic (exact) mass is 252 g/mol. The summed E-state index contributed by atoms with van der Waals surface area (Å²) in [5.74, 6) is 0.241. The Kier molecular flexibility index (Phi) is 6.00. The topological polar surface area (TPSA) is 70.6 Å². The molecule has 0 saturated heterocycles. The SMILES string of the molecule is COCC(C)NC(=O)NCCc1cccc(O)c1. The Morgan fingerprint density at radius 3 is 2.94 bits per heavy atom. The largest absolute Gasteiger partial charge is 0.508 e. The van der Waals surface area contributed by atoms with Crippen molar-refractivity contribution in [3.8, 4) is 5.75 Å². The highest BCUT2D eigenvalue weighted by Crippen LogP contribution is 2.10. The molecule has 2 amide bonds. The number of benzene rings is 1. The third-order valence-corrected chi connectivity index (χ3v) is 2.40. The van der Waals surface area contributed by atoms with Gasteiger partial charge in [0.2, 0.25) is 0 Å². The average molecular weight is 252 g/mol. The van der Waals surface area contributed by atoms with E-state index in [0.717, 1.165) is 5.56 Å². The van der Waals surface area contributed by atoms with Crippen molar-refractivity contribution in [1.82, 2.24) is 10.6 Å². The zero-order valence-corrected chi connectivity index (χ0v) is 10.8. The van der Waals surface area contributed by atoms with Crippen LogP contribution in [-0.2, 0) is 11.2 Å². The van der Waals surface area contributed by atoms with Crippen molar-refractivity contribution in [2.45, 2.75) is 19.4 Å². The van der Waals surface area contributed by atoms with Crippen molar-refractivity contribution in [3.05, 3.63) is 29.8 Å². The van der Waals surface area contributed by atoms with E-state index in [9.17, 15) is 9.90 Å². The Morgan fingerprint density at radius 2 is 2.28 bits per heavy atom. The van der Waals surface area contributed by atoms with Crippen molar-refractivity contribution in [2.75, 3.05) is 20.3 Å². The number of aromatic hydroxyl groups is 1. The van der Waals surface area contributed by atoms with E-state index in [1.54, 1.807) is 25.3 Å². The lowest BCUT2D eigenvalue weighted by Crippen LogP contribution is -2.43. The van der Waals surface area contributed by atoms with Crippen molar-refractivity contribution in [2.24, 2.45) is 0 Å². The maximum atomic E-state index is 11.5. The molecular weight excluding hydrogens is 232 g/mol. The second-order valence-electron chi connectivity index (χ2n) is 4.18. The molecule has 1 atom stereocenters. The molecule has 0 fully saturated rings. The molecule has 0 aromatic heterocycles. The van der Waals surface area contributed by atoms with Crippen LogP contribution < -0.4 is 10.6 Å². The maximum Gasteiger partial charge on any atom is 0.315 e. The fourth-order valence-corrected chi connectivity index (χ4v) is 1.60. The molecule has 1 rings (SSSR count). The summed E-state index contributed by atoms with van der Waals surface area (Å²) < 4.78 is 4.92. The summed E-state index contributed by atoms with van der Waals surface area (Å²) in [5.41, 5.74) is 0.986. The van der Waals surface area contributed by atoms with Gasteiger partial charge in [0.1, 0.15) is 5.75 Å². The molecule has 0 heterocycles. The standard InChI is InChI=1S/C13H20N2O3/c1-10(9-18-2)15-13(17)14-7-6-11-4-3-5-12(16)8-11/h3-5,8,10,16H,6-7,9H2,1-2H3,(H2,14,15,17). The zero-order valence-electron chi connectivity index (χ0n) is 10.8. The second kappa shape index (κ2) is 7.55. The van der Waals surface area contributed by atoms with Crippen LogP contribution in [0, 0.1) is 0 Å². The number of phenols is 1. The third kappa shape index (κ3) is 5.54. The van der Waals surface area contributed by atoms with Gasteiger partial charge in [0.05, 0.1) is 12.6 Å². The number of phenolic OH excluding ortho intramolecular Hbond substituents is 1. The van der Waals surface area contributed by atoms with Crippen LogP contribution in [0.15, 0.2) is 24.3 Å². The van der Waals surface area contributed by atoms with Gasteiger partial charge in [-0.2, -0.15) is 0 Å². The first-order chi connectivity index (χ1) is 8.61. The number of ether oxygens (including phenoxy) is 1. The third-order valence-electron chi connectivity index (χ3n) is 2.40. The molecule has 18 heavy (non-hydrogen) atoms. The lowest BCUT2D eigenvalue weighted by atomic mass is 10.1. The van der Waals surface area contributed by atoms with Gasteiger partial charge < -0.3 is 20.5 Å². The first kappa shape index (κ1) is 14.3. The van der Waals surface area contributed by atoms with Gasteiger partial charge in [0, 0.05) is 13.7 Å². The average Bonchev–Trinajstić information content (AvgIpc) is 2.29. The highest BCUT2D eigenvalue weighted by atomic mass is 16.5. The lowest BCUT2D eigenvalue weighted by Gasteiger charge is -2.13. The molecule has 0 aliphatic carbocycles. The lowest BCUT2D eigenvalue weighted by molar-refractivity contribution is 0.171. The van der Waals surface area contributed by atoms with Gasteiger partial charge in [-0.3, -0.25) is 0 Å². The summed E-state index contributed by atoms with van der Waals surface area (Å²) in [5, 5.41) is 14.8. The van der Waals surface area contributed by atoms with Crippen LogP contribution in [0.4, 0.5) is 4.79 Å². The number of rotatable bonds is 6. The molecule has 0 spiro atoms. The van der Waals surface area contributed by atoms with Crippen LogP contribution in [0.5, 0.6) is 5.75 Å². The van der Waals surface area contributed by atoms with Gasteiger partial charge in [-0.05, 0) is 31.0 Å². The minimum Gasteiger partial charge on any atom is -0.508 e. The van der Waals surface area contributed by atoms with Crippen LogP contribution in [-0.4, -0.2) is 37.4 Å². The molecule has 0 saturated carbocycles. The number of nitrogens with one attached hydrogen (secondary N) is 2. The number of carbonyl (C=O) groups is 1. The molecule has 0 aliphatic rings. The number of urea groups is 1. The van der Waals surface area contributed by atoms with Gasteiger partial charge >= 0.3 is 6.03 Å². The summed E-state index contributed by atoms with van der Waals surface area (Å²) in [4.78, 5) is 11.5. The van der Waals surface area contributed by atoms with Crippen LogP contribution >= 0.6 is 0 Å². The van der Waals surface area contributed by atoms with Crippen molar-refractivity contribution >= 4 is 6.03 Å². The Labute approximate surface area is 107 Å². The molecule has 0 radical (unpaired) electrons. The van der Waals surface area contributed by atoms with E-state index in [-0.39, 0.29) is 17.8 Å². The normalized spacial score (nSPS) is 11.9. The summed E-state index contributed by atoms with van der Waals surface area (Å²) in [7, 11) is 1.60. The predicted molar refractivity (Wildman–Crippen MR) is 69.7 cm³/mol. The molecule has 5 nitrogen and oxygen atoms in total. The van der Waals surface area contributed by atoms with E-state index in [0.29, 0.717) is 19.6 Å². The number of amides is 2. The highest BCUT2D eigenvalue weighted by Gasteiger charge is 2.05. The first-order valence-electron chi connectivity index (χ1n) is 5.93. The zero-order chi connectivity index (χ0) is 13.4. The molecule has 1 unspecified atom stereocenters. The van der Waals surface area contributed by atoms with E-state index >= 15 is 0 Å². The predicted octanol–water partition coefficient (Wildman–Crippen LogP) is 1.27. The van der Waals surface area contributed by atoms with Crippen LogP contribution in [0.2, 0.25) is 0 Å². The number of methoxy groups -OCH3 is 1. The molecular formula is C13H20N2O3. The van der Waals surface area contributed by atoms with Crippen molar-refractivity contribution in [1.29, 1.82) is 0 Å². The van der Waals surface area contributed by atoms with E-state index in [1.807, 2.05) is 13.0 Å². The fourth-order valence-electron chi connectivity index (χ4n) is 1.60. The van der Waals surface area contributed by atoms with Gasteiger partial charge in [-0.15, -0.1) is 0 Å². The number of carbonyl (C=O) groups excluding carboxylic acids is 1. The molecule has 1 aromatic carbocycles. The highest BCUT2D eigenvalue weighted by molar-refractivity contribution is 5.74. The maximum absolute atomic E-state index is 11.5. The van der Waals surface area contributed by atoms with Gasteiger partial charge in [0.15, 0.2) is 0 Å². The number of hydrogen-bond acceptors (Lipinski definition) is 3. The van der Waals surface area contributed by atoms with Crippen LogP contribution in [0.25, 0.3) is 0 Å². The molecule has 100 valence electrons. The first-order valence-corrected chi connectivity index (χ1v) is 5.93. The smallest absolute Gasteiger partial charge is 0.315 e. The minimum atomic E-state index is -0.209. The second-order valence-corrected chi connectivity index (χ2v) is 4.18. The molecule has 3 N–H and O–H groups in total. The summed E-state index contributed by atoms with van der Waals surface area (Å²) in [6.45, 7) is 2.88. The summed E-state index contributed by atoms with van der Waals surface area (Å²) in [6, 6.07) is 6.78. The molecule has 0 aliphatic heterocycles. The molecule has 5 heteroatoms. The minimum absolute atomic E-state index is 0.0178. The quantitative estimate of drug-likeness (QED) is 0.714. The van der Waals surface area contributed by atoms with Gasteiger partial charge in [-0.1, -0.05) is 12.1 Å². The Balaban J connectivity index is 2.23. The van der Waals surface area contributed by atoms with Gasteiger partial charge in [-0.25, -0.2) is 4.79 Å². The Bertz CT molecular complexity index is 382. The van der Waals surface area contributed by atoms with E-state index in [4.69, 9.17) is 4.74 Å². The van der Waals surface area contributed by atoms with Gasteiger partial charge in [0.25, 0.3) is 0 Å². The molecule has 0 bridgehead atoms. The fraction of sp³-hybridized carbons (Fsp3) is 0.462. The van der Waals surface area contributed by atoms with E-state index in [2.05, 4.69) is 10.6 Å². The van der Waals surface area contributed by atoms with E-state index < -0.39 is 0 Å².